The van der Waals surface area contributed by atoms with E-state index in [4.69, 9.17) is 0 Å². The molecule has 1 amide bonds. The summed E-state index contributed by atoms with van der Waals surface area (Å²) in [6.07, 6.45) is 2.43. The minimum atomic E-state index is -0.517. The van der Waals surface area contributed by atoms with Gasteiger partial charge in [0.25, 0.3) is 0 Å². The first-order chi connectivity index (χ1) is 12.9. The Hall–Kier alpha value is -3.07. The average molecular weight is 370 g/mol. The molecule has 1 aromatic heterocycles. The molecular formula is C18H22N6O3. The first-order valence-corrected chi connectivity index (χ1v) is 8.74. The van der Waals surface area contributed by atoms with Gasteiger partial charge in [-0.3, -0.25) is 19.8 Å². The molecule has 0 bridgehead atoms. The van der Waals surface area contributed by atoms with E-state index >= 15 is 0 Å². The molecule has 142 valence electrons. The zero-order valence-corrected chi connectivity index (χ0v) is 15.4. The summed E-state index contributed by atoms with van der Waals surface area (Å²) in [6, 6.07) is 5.93. The van der Waals surface area contributed by atoms with Crippen molar-refractivity contribution in [2.75, 3.05) is 42.9 Å². The quantitative estimate of drug-likeness (QED) is 0.631. The fourth-order valence-corrected chi connectivity index (χ4v) is 3.07. The van der Waals surface area contributed by atoms with Crippen LogP contribution in [0.2, 0.25) is 0 Å². The maximum atomic E-state index is 12.4. The summed E-state index contributed by atoms with van der Waals surface area (Å²) in [5.74, 6) is 0.438. The smallest absolute Gasteiger partial charge is 0.305 e. The molecule has 1 aromatic carbocycles. The van der Waals surface area contributed by atoms with Gasteiger partial charge in [-0.25, -0.2) is 9.97 Å². The first kappa shape index (κ1) is 18.7. The number of aromatic nitrogens is 2. The van der Waals surface area contributed by atoms with Crippen molar-refractivity contribution in [2.45, 2.75) is 13.8 Å². The third-order valence-corrected chi connectivity index (χ3v) is 4.60. The Labute approximate surface area is 157 Å². The van der Waals surface area contributed by atoms with Gasteiger partial charge in [-0.1, -0.05) is 18.2 Å². The number of carbonyl (C=O) groups is 1. The predicted octanol–water partition coefficient (Wildman–Crippen LogP) is 1.76. The SMILES string of the molecule is Cc1cccc(C)c1NC(=O)CN1CCN(c2ncc([N+](=O)[O-])cn2)CC1. The Morgan fingerprint density at radius 1 is 1.15 bits per heavy atom. The molecule has 1 saturated heterocycles. The second-order valence-corrected chi connectivity index (χ2v) is 6.58. The first-order valence-electron chi connectivity index (χ1n) is 8.74. The van der Waals surface area contributed by atoms with Crippen LogP contribution < -0.4 is 10.2 Å². The molecule has 9 nitrogen and oxygen atoms in total. The molecule has 1 fully saturated rings. The molecular weight excluding hydrogens is 348 g/mol. The molecule has 27 heavy (non-hydrogen) atoms. The van der Waals surface area contributed by atoms with Gasteiger partial charge < -0.3 is 10.2 Å². The number of anilines is 2. The summed E-state index contributed by atoms with van der Waals surface area (Å²) in [6.45, 7) is 6.99. The lowest BCUT2D eigenvalue weighted by atomic mass is 10.1. The van der Waals surface area contributed by atoms with Gasteiger partial charge in [0.2, 0.25) is 11.9 Å². The maximum absolute atomic E-state index is 12.4. The molecule has 2 aromatic rings. The molecule has 0 saturated carbocycles. The van der Waals surface area contributed by atoms with Crippen molar-refractivity contribution in [3.63, 3.8) is 0 Å². The number of nitrogens with one attached hydrogen (secondary N) is 1. The van der Waals surface area contributed by atoms with Gasteiger partial charge in [-0.15, -0.1) is 0 Å². The molecule has 0 unspecified atom stereocenters. The molecule has 2 heterocycles. The van der Waals surface area contributed by atoms with Crippen molar-refractivity contribution in [2.24, 2.45) is 0 Å². The van der Waals surface area contributed by atoms with Crippen LogP contribution in [0.5, 0.6) is 0 Å². The summed E-state index contributed by atoms with van der Waals surface area (Å²) in [5.41, 5.74) is 2.84. The molecule has 1 aliphatic rings. The van der Waals surface area contributed by atoms with Crippen molar-refractivity contribution in [3.8, 4) is 0 Å². The topological polar surface area (TPSA) is 105 Å². The van der Waals surface area contributed by atoms with Gasteiger partial charge >= 0.3 is 5.69 Å². The Bertz CT molecular complexity index is 811. The normalized spacial score (nSPS) is 14.8. The van der Waals surface area contributed by atoms with E-state index in [0.29, 0.717) is 38.7 Å². The van der Waals surface area contributed by atoms with E-state index in [1.165, 1.54) is 12.4 Å². The number of rotatable bonds is 5. The summed E-state index contributed by atoms with van der Waals surface area (Å²) in [4.78, 5) is 34.7. The van der Waals surface area contributed by atoms with Crippen LogP contribution in [0.15, 0.2) is 30.6 Å². The van der Waals surface area contributed by atoms with Crippen LogP contribution in [0.25, 0.3) is 0 Å². The Morgan fingerprint density at radius 2 is 1.74 bits per heavy atom. The van der Waals surface area contributed by atoms with Crippen LogP contribution in [-0.4, -0.2) is 58.4 Å². The van der Waals surface area contributed by atoms with E-state index in [-0.39, 0.29) is 11.6 Å². The monoisotopic (exact) mass is 370 g/mol. The van der Waals surface area contributed by atoms with E-state index in [1.54, 1.807) is 0 Å². The molecule has 9 heteroatoms. The maximum Gasteiger partial charge on any atom is 0.305 e. The van der Waals surface area contributed by atoms with Crippen LogP contribution in [0, 0.1) is 24.0 Å². The zero-order valence-electron chi connectivity index (χ0n) is 15.4. The van der Waals surface area contributed by atoms with Crippen molar-refractivity contribution in [1.82, 2.24) is 14.9 Å². The highest BCUT2D eigenvalue weighted by Gasteiger charge is 2.21. The lowest BCUT2D eigenvalue weighted by Crippen LogP contribution is -2.49. The van der Waals surface area contributed by atoms with Crippen molar-refractivity contribution < 1.29 is 9.72 Å². The number of nitrogens with zero attached hydrogens (tertiary/aromatic N) is 5. The highest BCUT2D eigenvalue weighted by Crippen LogP contribution is 2.19. The fourth-order valence-electron chi connectivity index (χ4n) is 3.07. The van der Waals surface area contributed by atoms with Crippen LogP contribution >= 0.6 is 0 Å². The standard InChI is InChI=1S/C18H22N6O3/c1-13-4-3-5-14(2)17(13)21-16(25)12-22-6-8-23(9-7-22)18-19-10-15(11-20-18)24(26)27/h3-5,10-11H,6-9,12H2,1-2H3,(H,21,25). The molecule has 0 aliphatic carbocycles. The second kappa shape index (κ2) is 8.09. The van der Waals surface area contributed by atoms with Gasteiger partial charge in [-0.2, -0.15) is 0 Å². The highest BCUT2D eigenvalue weighted by molar-refractivity contribution is 5.93. The lowest BCUT2D eigenvalue weighted by molar-refractivity contribution is -0.385. The number of nitro groups is 1. The van der Waals surface area contributed by atoms with Crippen LogP contribution in [0.3, 0.4) is 0 Å². The van der Waals surface area contributed by atoms with Gasteiger partial charge in [0, 0.05) is 31.9 Å². The van der Waals surface area contributed by atoms with Gasteiger partial charge in [-0.05, 0) is 25.0 Å². The predicted molar refractivity (Wildman–Crippen MR) is 102 cm³/mol. The summed E-state index contributed by atoms with van der Waals surface area (Å²) < 4.78 is 0. The minimum absolute atomic E-state index is 0.0348. The number of amides is 1. The summed E-state index contributed by atoms with van der Waals surface area (Å²) in [7, 11) is 0. The van der Waals surface area contributed by atoms with Crippen molar-refractivity contribution in [1.29, 1.82) is 0 Å². The number of piperazine rings is 1. The minimum Gasteiger partial charge on any atom is -0.338 e. The van der Waals surface area contributed by atoms with Crippen molar-refractivity contribution >= 4 is 23.2 Å². The molecule has 0 atom stereocenters. The number of hydrogen-bond acceptors (Lipinski definition) is 7. The largest absolute Gasteiger partial charge is 0.338 e. The van der Waals surface area contributed by atoms with E-state index < -0.39 is 4.92 Å². The van der Waals surface area contributed by atoms with Gasteiger partial charge in [0.1, 0.15) is 12.4 Å². The molecule has 0 spiro atoms. The van der Waals surface area contributed by atoms with Gasteiger partial charge in [0.15, 0.2) is 0 Å². The zero-order chi connectivity index (χ0) is 19.4. The number of para-hydroxylation sites is 1. The van der Waals surface area contributed by atoms with E-state index in [2.05, 4.69) is 20.2 Å². The Kier molecular flexibility index (Phi) is 5.60. The van der Waals surface area contributed by atoms with Crippen molar-refractivity contribution in [3.05, 3.63) is 51.8 Å². The Morgan fingerprint density at radius 3 is 2.30 bits per heavy atom. The fraction of sp³-hybridized carbons (Fsp3) is 0.389. The van der Waals surface area contributed by atoms with Crippen LogP contribution in [-0.2, 0) is 4.79 Å². The Balaban J connectivity index is 1.52. The van der Waals surface area contributed by atoms with Crippen LogP contribution in [0.4, 0.5) is 17.3 Å². The molecule has 1 aliphatic heterocycles. The van der Waals surface area contributed by atoms with Crippen LogP contribution in [0.1, 0.15) is 11.1 Å². The number of benzene rings is 1. The van der Waals surface area contributed by atoms with E-state index in [0.717, 1.165) is 16.8 Å². The highest BCUT2D eigenvalue weighted by atomic mass is 16.6. The number of carbonyl (C=O) groups excluding carboxylic acids is 1. The molecule has 3 rings (SSSR count). The van der Waals surface area contributed by atoms with E-state index in [9.17, 15) is 14.9 Å². The van der Waals surface area contributed by atoms with E-state index in [1.807, 2.05) is 36.9 Å². The number of hydrogen-bond donors (Lipinski definition) is 1. The third kappa shape index (κ3) is 4.56. The third-order valence-electron chi connectivity index (χ3n) is 4.60. The number of aryl methyl sites for hydroxylation is 2. The average Bonchev–Trinajstić information content (AvgIpc) is 2.65. The second-order valence-electron chi connectivity index (χ2n) is 6.58. The van der Waals surface area contributed by atoms with Gasteiger partial charge in [0.05, 0.1) is 11.5 Å². The summed E-state index contributed by atoms with van der Waals surface area (Å²) >= 11 is 0. The molecule has 1 N–H and O–H groups in total. The summed E-state index contributed by atoms with van der Waals surface area (Å²) in [5, 5.41) is 13.7. The lowest BCUT2D eigenvalue weighted by Gasteiger charge is -2.34. The molecule has 0 radical (unpaired) electrons.